The smallest absolute Gasteiger partial charge is 0.319 e. The Morgan fingerprint density at radius 1 is 1.13 bits per heavy atom. The molecule has 1 atom stereocenters. The van der Waals surface area contributed by atoms with Gasteiger partial charge in [-0.1, -0.05) is 24.3 Å². The predicted molar refractivity (Wildman–Crippen MR) is 87.1 cm³/mol. The van der Waals surface area contributed by atoms with Crippen molar-refractivity contribution in [3.05, 3.63) is 66.9 Å². The van der Waals surface area contributed by atoms with Gasteiger partial charge in [0.05, 0.1) is 36.1 Å². The van der Waals surface area contributed by atoms with Crippen LogP contribution in [0.1, 0.15) is 11.6 Å². The maximum atomic E-state index is 12.1. The molecule has 0 fully saturated rings. The molecular formula is C17H15N5O. The Kier molecular flexibility index (Phi) is 3.27. The molecule has 3 heterocycles. The van der Waals surface area contributed by atoms with Crippen molar-refractivity contribution in [3.63, 3.8) is 0 Å². The van der Waals surface area contributed by atoms with Crippen LogP contribution in [0.15, 0.2) is 61.3 Å². The summed E-state index contributed by atoms with van der Waals surface area (Å²) >= 11 is 0. The van der Waals surface area contributed by atoms with Gasteiger partial charge in [0.1, 0.15) is 0 Å². The SMILES string of the molecule is O=C(NCC1c2ccccc2-c2cncn21)Nc1cccnc1. The van der Waals surface area contributed by atoms with Gasteiger partial charge < -0.3 is 15.2 Å². The summed E-state index contributed by atoms with van der Waals surface area (Å²) in [5.41, 5.74) is 4.12. The van der Waals surface area contributed by atoms with Gasteiger partial charge in [0.2, 0.25) is 0 Å². The predicted octanol–water partition coefficient (Wildman–Crippen LogP) is 2.67. The van der Waals surface area contributed by atoms with Gasteiger partial charge in [-0.25, -0.2) is 9.78 Å². The molecule has 6 nitrogen and oxygen atoms in total. The fourth-order valence-electron chi connectivity index (χ4n) is 2.94. The number of carbonyl (C=O) groups excluding carboxylic acids is 1. The van der Waals surface area contributed by atoms with Crippen LogP contribution in [0.25, 0.3) is 11.3 Å². The van der Waals surface area contributed by atoms with E-state index in [4.69, 9.17) is 0 Å². The normalized spacial score (nSPS) is 14.9. The van der Waals surface area contributed by atoms with Crippen LogP contribution in [0.3, 0.4) is 0 Å². The second kappa shape index (κ2) is 5.57. The van der Waals surface area contributed by atoms with E-state index in [2.05, 4.69) is 37.3 Å². The number of rotatable bonds is 3. The Bertz CT molecular complexity index is 843. The Balaban J connectivity index is 1.48. The molecule has 0 aliphatic carbocycles. The summed E-state index contributed by atoms with van der Waals surface area (Å²) in [6, 6.07) is 11.6. The molecule has 1 aliphatic heterocycles. The molecule has 3 aromatic rings. The van der Waals surface area contributed by atoms with Crippen molar-refractivity contribution in [2.45, 2.75) is 6.04 Å². The third kappa shape index (κ3) is 2.44. The number of hydrogen-bond acceptors (Lipinski definition) is 3. The zero-order chi connectivity index (χ0) is 15.6. The molecule has 2 amide bonds. The second-order valence-electron chi connectivity index (χ2n) is 5.37. The number of amides is 2. The van der Waals surface area contributed by atoms with E-state index < -0.39 is 0 Å². The molecule has 0 saturated heterocycles. The molecule has 23 heavy (non-hydrogen) atoms. The van der Waals surface area contributed by atoms with Crippen molar-refractivity contribution in [1.29, 1.82) is 0 Å². The monoisotopic (exact) mass is 305 g/mol. The van der Waals surface area contributed by atoms with Crippen LogP contribution >= 0.6 is 0 Å². The van der Waals surface area contributed by atoms with Gasteiger partial charge in [0.15, 0.2) is 0 Å². The Hall–Kier alpha value is -3.15. The molecule has 0 spiro atoms. The lowest BCUT2D eigenvalue weighted by atomic mass is 10.0. The fourth-order valence-corrected chi connectivity index (χ4v) is 2.94. The first-order chi connectivity index (χ1) is 11.3. The Morgan fingerprint density at radius 3 is 2.91 bits per heavy atom. The summed E-state index contributed by atoms with van der Waals surface area (Å²) in [7, 11) is 0. The quantitative estimate of drug-likeness (QED) is 0.781. The molecule has 4 rings (SSSR count). The Labute approximate surface area is 133 Å². The van der Waals surface area contributed by atoms with E-state index in [1.165, 1.54) is 11.1 Å². The number of carbonyl (C=O) groups is 1. The molecule has 2 N–H and O–H groups in total. The summed E-state index contributed by atoms with van der Waals surface area (Å²) in [6.07, 6.45) is 6.94. The third-order valence-electron chi connectivity index (χ3n) is 3.97. The van der Waals surface area contributed by atoms with Crippen molar-refractivity contribution in [2.24, 2.45) is 0 Å². The standard InChI is InChI=1S/C17H15N5O/c23-17(21-12-4-3-7-18-8-12)20-10-16-14-6-2-1-5-13(14)15-9-19-11-22(15)16/h1-9,11,16H,10H2,(H2,20,21,23). The van der Waals surface area contributed by atoms with E-state index >= 15 is 0 Å². The second-order valence-corrected chi connectivity index (χ2v) is 5.37. The van der Waals surface area contributed by atoms with E-state index in [1.54, 1.807) is 30.9 Å². The largest absolute Gasteiger partial charge is 0.335 e. The highest BCUT2D eigenvalue weighted by molar-refractivity contribution is 5.89. The van der Waals surface area contributed by atoms with Crippen LogP contribution in [0, 0.1) is 0 Å². The van der Waals surface area contributed by atoms with E-state index in [0.29, 0.717) is 12.2 Å². The first-order valence-electron chi connectivity index (χ1n) is 7.39. The maximum absolute atomic E-state index is 12.1. The number of urea groups is 1. The highest BCUT2D eigenvalue weighted by Gasteiger charge is 2.28. The molecule has 1 unspecified atom stereocenters. The number of anilines is 1. The molecule has 0 radical (unpaired) electrons. The minimum absolute atomic E-state index is 0.0587. The maximum Gasteiger partial charge on any atom is 0.319 e. The highest BCUT2D eigenvalue weighted by atomic mass is 16.2. The van der Waals surface area contributed by atoms with Crippen LogP contribution in [0.4, 0.5) is 10.5 Å². The number of fused-ring (bicyclic) bond motifs is 3. The van der Waals surface area contributed by atoms with Gasteiger partial charge in [-0.05, 0) is 17.7 Å². The number of benzene rings is 1. The van der Waals surface area contributed by atoms with Gasteiger partial charge in [-0.2, -0.15) is 0 Å². The summed E-state index contributed by atoms with van der Waals surface area (Å²) in [5, 5.41) is 5.69. The minimum Gasteiger partial charge on any atom is -0.335 e. The van der Waals surface area contributed by atoms with Gasteiger partial charge in [-0.15, -0.1) is 0 Å². The summed E-state index contributed by atoms with van der Waals surface area (Å²) in [6.45, 7) is 0.493. The summed E-state index contributed by atoms with van der Waals surface area (Å²) in [4.78, 5) is 20.2. The molecule has 2 aromatic heterocycles. The minimum atomic E-state index is -0.246. The lowest BCUT2D eigenvalue weighted by molar-refractivity contribution is 0.251. The van der Waals surface area contributed by atoms with Crippen molar-refractivity contribution < 1.29 is 4.79 Å². The van der Waals surface area contributed by atoms with Crippen molar-refractivity contribution in [2.75, 3.05) is 11.9 Å². The number of nitrogens with zero attached hydrogens (tertiary/aromatic N) is 3. The average Bonchev–Trinajstić information content (AvgIpc) is 3.15. The number of hydrogen-bond donors (Lipinski definition) is 2. The highest BCUT2D eigenvalue weighted by Crippen LogP contribution is 2.38. The van der Waals surface area contributed by atoms with Gasteiger partial charge in [0.25, 0.3) is 0 Å². The molecular weight excluding hydrogens is 290 g/mol. The summed E-state index contributed by atoms with van der Waals surface area (Å²) < 4.78 is 2.09. The summed E-state index contributed by atoms with van der Waals surface area (Å²) in [5.74, 6) is 0. The lowest BCUT2D eigenvalue weighted by Crippen LogP contribution is -2.33. The van der Waals surface area contributed by atoms with Crippen LogP contribution < -0.4 is 10.6 Å². The van der Waals surface area contributed by atoms with E-state index in [-0.39, 0.29) is 12.1 Å². The van der Waals surface area contributed by atoms with Gasteiger partial charge >= 0.3 is 6.03 Å². The van der Waals surface area contributed by atoms with Crippen LogP contribution in [0.2, 0.25) is 0 Å². The van der Waals surface area contributed by atoms with Crippen molar-refractivity contribution in [3.8, 4) is 11.3 Å². The van der Waals surface area contributed by atoms with E-state index in [0.717, 1.165) is 5.69 Å². The Morgan fingerprint density at radius 2 is 2.04 bits per heavy atom. The molecule has 1 aliphatic rings. The topological polar surface area (TPSA) is 71.8 Å². The van der Waals surface area contributed by atoms with Gasteiger partial charge in [-0.3, -0.25) is 4.98 Å². The number of nitrogens with one attached hydrogen (secondary N) is 2. The molecule has 0 bridgehead atoms. The molecule has 0 saturated carbocycles. The third-order valence-corrected chi connectivity index (χ3v) is 3.97. The first-order valence-corrected chi connectivity index (χ1v) is 7.39. The van der Waals surface area contributed by atoms with Crippen molar-refractivity contribution >= 4 is 11.7 Å². The number of imidazole rings is 1. The average molecular weight is 305 g/mol. The zero-order valence-electron chi connectivity index (χ0n) is 12.3. The van der Waals surface area contributed by atoms with Crippen LogP contribution in [-0.4, -0.2) is 27.1 Å². The molecule has 6 heteroatoms. The van der Waals surface area contributed by atoms with Gasteiger partial charge in [0, 0.05) is 18.3 Å². The van der Waals surface area contributed by atoms with Crippen LogP contribution in [0.5, 0.6) is 0 Å². The zero-order valence-corrected chi connectivity index (χ0v) is 12.3. The molecule has 114 valence electrons. The first kappa shape index (κ1) is 13.5. The van der Waals surface area contributed by atoms with Crippen LogP contribution in [-0.2, 0) is 0 Å². The van der Waals surface area contributed by atoms with Crippen molar-refractivity contribution in [1.82, 2.24) is 19.9 Å². The fraction of sp³-hybridized carbons (Fsp3) is 0.118. The number of aromatic nitrogens is 3. The number of pyridine rings is 1. The van der Waals surface area contributed by atoms with E-state index in [1.807, 2.05) is 18.3 Å². The lowest BCUT2D eigenvalue weighted by Gasteiger charge is -2.16. The van der Waals surface area contributed by atoms with E-state index in [9.17, 15) is 4.79 Å². The molecule has 1 aromatic carbocycles.